The molecule has 0 aliphatic rings. The molecule has 0 spiro atoms. The van der Waals surface area contributed by atoms with E-state index in [0.29, 0.717) is 0 Å². The SMILES string of the molecule is c1ccc(-n2c3ccccc3c3cc(-n4c5cccc(c5)c5cccc(c5)n(-c5ccc6ccccc6c5)c5ccc6sc7ccc4cc7c6c5)ccc32)cc1. The van der Waals surface area contributed by atoms with Crippen molar-refractivity contribution in [1.29, 1.82) is 0 Å². The van der Waals surface area contributed by atoms with Crippen molar-refractivity contribution in [2.75, 3.05) is 0 Å². The van der Waals surface area contributed by atoms with Gasteiger partial charge in [0, 0.05) is 70.1 Å². The molecule has 0 aliphatic carbocycles. The van der Waals surface area contributed by atoms with Crippen LogP contribution in [0.15, 0.2) is 200 Å². The molecule has 56 heavy (non-hydrogen) atoms. The van der Waals surface area contributed by atoms with Gasteiger partial charge in [-0.15, -0.1) is 11.3 Å². The molecule has 0 radical (unpaired) electrons. The molecule has 0 N–H and O–H groups in total. The molecule has 262 valence electrons. The Morgan fingerprint density at radius 3 is 1.52 bits per heavy atom. The molecule has 0 atom stereocenters. The van der Waals surface area contributed by atoms with Crippen molar-refractivity contribution in [1.82, 2.24) is 13.7 Å². The second kappa shape index (κ2) is 12.2. The Labute approximate surface area is 326 Å². The van der Waals surface area contributed by atoms with Gasteiger partial charge >= 0.3 is 0 Å². The predicted molar refractivity (Wildman–Crippen MR) is 240 cm³/mol. The van der Waals surface area contributed by atoms with Gasteiger partial charge in [0.15, 0.2) is 0 Å². The zero-order valence-electron chi connectivity index (χ0n) is 30.3. The summed E-state index contributed by atoms with van der Waals surface area (Å²) < 4.78 is 9.78. The van der Waals surface area contributed by atoms with E-state index >= 15 is 0 Å². The van der Waals surface area contributed by atoms with Crippen molar-refractivity contribution < 1.29 is 0 Å². The van der Waals surface area contributed by atoms with Gasteiger partial charge in [-0.1, -0.05) is 91.0 Å². The molecule has 9 aromatic carbocycles. The zero-order chi connectivity index (χ0) is 36.7. The quantitative estimate of drug-likeness (QED) is 0.172. The molecule has 4 heteroatoms. The normalized spacial score (nSPS) is 11.9. The molecule has 8 bridgehead atoms. The highest BCUT2D eigenvalue weighted by molar-refractivity contribution is 7.25. The van der Waals surface area contributed by atoms with Gasteiger partial charge in [-0.05, 0) is 131 Å². The van der Waals surface area contributed by atoms with Crippen LogP contribution in [-0.4, -0.2) is 13.7 Å². The van der Waals surface area contributed by atoms with E-state index in [1.807, 2.05) is 11.3 Å². The fraction of sp³-hybridized carbons (Fsp3) is 0. The van der Waals surface area contributed by atoms with E-state index < -0.39 is 0 Å². The lowest BCUT2D eigenvalue weighted by molar-refractivity contribution is 1.15. The van der Waals surface area contributed by atoms with E-state index in [0.717, 1.165) is 39.1 Å². The molecule has 3 nitrogen and oxygen atoms in total. The van der Waals surface area contributed by atoms with E-state index in [4.69, 9.17) is 0 Å². The van der Waals surface area contributed by atoms with Gasteiger partial charge in [0.25, 0.3) is 0 Å². The molecular formula is C52H33N3S. The first-order chi connectivity index (χ1) is 27.7. The number of aromatic nitrogens is 3. The second-order valence-corrected chi connectivity index (χ2v) is 15.7. The molecule has 12 rings (SSSR count). The lowest BCUT2D eigenvalue weighted by Gasteiger charge is -2.14. The monoisotopic (exact) mass is 731 g/mol. The van der Waals surface area contributed by atoms with Crippen molar-refractivity contribution in [2.24, 2.45) is 0 Å². The Morgan fingerprint density at radius 2 is 0.804 bits per heavy atom. The predicted octanol–water partition coefficient (Wildman–Crippen LogP) is 14.5. The van der Waals surface area contributed by atoms with Gasteiger partial charge in [-0.2, -0.15) is 0 Å². The molecule has 0 fully saturated rings. The average Bonchev–Trinajstić information content (AvgIpc) is 3.79. The van der Waals surface area contributed by atoms with Gasteiger partial charge in [0.05, 0.1) is 11.0 Å². The van der Waals surface area contributed by atoms with Crippen LogP contribution in [0.3, 0.4) is 0 Å². The van der Waals surface area contributed by atoms with E-state index in [9.17, 15) is 0 Å². The molecule has 0 saturated heterocycles. The average molecular weight is 732 g/mol. The van der Waals surface area contributed by atoms with Crippen molar-refractivity contribution in [3.8, 4) is 17.1 Å². The maximum Gasteiger partial charge on any atom is 0.0542 e. The number of hydrogen-bond donors (Lipinski definition) is 0. The topological polar surface area (TPSA) is 14.8 Å². The summed E-state index contributed by atoms with van der Waals surface area (Å²) in [5, 5.41) is 9.79. The standard InChI is InChI=1S/C52H33N3S/c1-2-14-38(15-3-1)55-49-19-7-6-18-45(49)46-31-42(22-25-50(46)55)54-40-17-9-13-37(30-40)36-12-8-16-39(29-36)53(41-21-20-34-10-4-5-11-35(34)28-41)43-23-26-51-47(32-43)48-33-44(54)24-27-52(48)56-51/h1-33H. The van der Waals surface area contributed by atoms with Crippen LogP contribution in [0, 0.1) is 0 Å². The Hall–Kier alpha value is -7.14. The number of para-hydroxylation sites is 2. The van der Waals surface area contributed by atoms with Gasteiger partial charge in [-0.3, -0.25) is 0 Å². The first-order valence-corrected chi connectivity index (χ1v) is 19.9. The summed E-state index contributed by atoms with van der Waals surface area (Å²) in [7, 11) is 0. The van der Waals surface area contributed by atoms with E-state index in [1.165, 1.54) is 63.5 Å². The molecule has 0 amide bonds. The van der Waals surface area contributed by atoms with Crippen LogP contribution in [-0.2, 0) is 0 Å². The van der Waals surface area contributed by atoms with Crippen molar-refractivity contribution in [3.63, 3.8) is 0 Å². The lowest BCUT2D eigenvalue weighted by atomic mass is 10.1. The van der Waals surface area contributed by atoms with Crippen LogP contribution >= 0.6 is 11.3 Å². The van der Waals surface area contributed by atoms with E-state index in [-0.39, 0.29) is 0 Å². The molecule has 0 unspecified atom stereocenters. The number of benzene rings is 9. The molecule has 0 aliphatic heterocycles. The molecule has 3 aromatic heterocycles. The fourth-order valence-corrected chi connectivity index (χ4v) is 9.91. The van der Waals surface area contributed by atoms with Crippen LogP contribution in [0.1, 0.15) is 0 Å². The minimum absolute atomic E-state index is 1.11. The fourth-order valence-electron chi connectivity index (χ4n) is 8.85. The van der Waals surface area contributed by atoms with Crippen molar-refractivity contribution >= 4 is 96.9 Å². The van der Waals surface area contributed by atoms with Crippen LogP contribution in [0.25, 0.3) is 103 Å². The summed E-state index contributed by atoms with van der Waals surface area (Å²) in [4.78, 5) is 0. The Bertz CT molecular complexity index is 3600. The smallest absolute Gasteiger partial charge is 0.0542 e. The largest absolute Gasteiger partial charge is 0.310 e. The van der Waals surface area contributed by atoms with Gasteiger partial charge in [-0.25, -0.2) is 0 Å². The number of fused-ring (bicyclic) bond motifs is 11. The Kier molecular flexibility index (Phi) is 6.80. The summed E-state index contributed by atoms with van der Waals surface area (Å²) in [6, 6.07) is 73.8. The zero-order valence-corrected chi connectivity index (χ0v) is 31.1. The maximum absolute atomic E-state index is 2.43. The Balaban J connectivity index is 1.20. The number of hydrogen-bond acceptors (Lipinski definition) is 1. The number of nitrogens with zero attached hydrogens (tertiary/aromatic N) is 3. The summed E-state index contributed by atoms with van der Waals surface area (Å²) in [6.45, 7) is 0. The molecule has 12 aromatic rings. The summed E-state index contributed by atoms with van der Waals surface area (Å²) in [6.07, 6.45) is 0. The molecular weight excluding hydrogens is 699 g/mol. The third-order valence-electron chi connectivity index (χ3n) is 11.4. The first kappa shape index (κ1) is 31.2. The minimum atomic E-state index is 1.11. The Morgan fingerprint density at radius 1 is 0.268 bits per heavy atom. The van der Waals surface area contributed by atoms with Crippen LogP contribution in [0.5, 0.6) is 0 Å². The number of thiophene rings is 1. The van der Waals surface area contributed by atoms with Crippen molar-refractivity contribution in [2.45, 2.75) is 0 Å². The van der Waals surface area contributed by atoms with Gasteiger partial charge in [0.2, 0.25) is 0 Å². The van der Waals surface area contributed by atoms with Crippen LogP contribution < -0.4 is 0 Å². The van der Waals surface area contributed by atoms with Gasteiger partial charge in [0.1, 0.15) is 0 Å². The summed E-state index contributed by atoms with van der Waals surface area (Å²) in [5.74, 6) is 0. The second-order valence-electron chi connectivity index (χ2n) is 14.7. The molecule has 0 saturated carbocycles. The summed E-state index contributed by atoms with van der Waals surface area (Å²) >= 11 is 1.86. The van der Waals surface area contributed by atoms with E-state index in [1.54, 1.807) is 0 Å². The summed E-state index contributed by atoms with van der Waals surface area (Å²) in [5.41, 5.74) is 10.3. The van der Waals surface area contributed by atoms with E-state index in [2.05, 4.69) is 214 Å². The highest BCUT2D eigenvalue weighted by Crippen LogP contribution is 2.38. The third-order valence-corrected chi connectivity index (χ3v) is 12.6. The maximum atomic E-state index is 2.43. The highest BCUT2D eigenvalue weighted by atomic mass is 32.1. The molecule has 3 heterocycles. The minimum Gasteiger partial charge on any atom is -0.310 e. The third kappa shape index (κ3) is 4.83. The lowest BCUT2D eigenvalue weighted by Crippen LogP contribution is -1.98. The highest BCUT2D eigenvalue weighted by Gasteiger charge is 2.15. The van der Waals surface area contributed by atoms with Crippen LogP contribution in [0.4, 0.5) is 0 Å². The van der Waals surface area contributed by atoms with Crippen molar-refractivity contribution in [3.05, 3.63) is 200 Å². The number of rotatable bonds is 3. The van der Waals surface area contributed by atoms with Crippen LogP contribution in [0.2, 0.25) is 0 Å². The first-order valence-electron chi connectivity index (χ1n) is 19.1. The van der Waals surface area contributed by atoms with Gasteiger partial charge < -0.3 is 13.7 Å².